The van der Waals surface area contributed by atoms with Crippen LogP contribution in [0.2, 0.25) is 0 Å². The van der Waals surface area contributed by atoms with Crippen LogP contribution < -0.4 is 10.1 Å². The average molecular weight is 317 g/mol. The molecule has 0 amide bonds. The van der Waals surface area contributed by atoms with Crippen LogP contribution >= 0.6 is 11.3 Å². The number of nitrogens with one attached hydrogen (secondary N) is 1. The van der Waals surface area contributed by atoms with Crippen LogP contribution in [0.4, 0.5) is 0 Å². The van der Waals surface area contributed by atoms with Crippen LogP contribution in [0.5, 0.6) is 5.75 Å². The van der Waals surface area contributed by atoms with E-state index in [2.05, 4.69) is 40.0 Å². The first-order chi connectivity index (χ1) is 10.7. The van der Waals surface area contributed by atoms with Crippen LogP contribution in [0, 0.1) is 0 Å². The van der Waals surface area contributed by atoms with Gasteiger partial charge in [-0.3, -0.25) is 0 Å². The molecule has 1 N–H and O–H groups in total. The zero-order chi connectivity index (χ0) is 15.8. The molecule has 4 nitrogen and oxygen atoms in total. The Kier molecular flexibility index (Phi) is 6.27. The van der Waals surface area contributed by atoms with Crippen molar-refractivity contribution in [3.63, 3.8) is 0 Å². The zero-order valence-corrected chi connectivity index (χ0v) is 14.2. The van der Waals surface area contributed by atoms with E-state index in [0.717, 1.165) is 30.4 Å². The summed E-state index contributed by atoms with van der Waals surface area (Å²) in [6, 6.07) is 10.2. The van der Waals surface area contributed by atoms with Crippen LogP contribution in [-0.4, -0.2) is 31.6 Å². The third-order valence-corrected chi connectivity index (χ3v) is 4.02. The van der Waals surface area contributed by atoms with Gasteiger partial charge in [-0.15, -0.1) is 0 Å². The largest absolute Gasteiger partial charge is 0.496 e. The van der Waals surface area contributed by atoms with Crippen molar-refractivity contribution in [1.29, 1.82) is 0 Å². The van der Waals surface area contributed by atoms with Gasteiger partial charge in [-0.05, 0) is 35.4 Å². The van der Waals surface area contributed by atoms with Crippen molar-refractivity contribution >= 4 is 17.3 Å². The van der Waals surface area contributed by atoms with E-state index in [9.17, 15) is 0 Å². The Morgan fingerprint density at radius 2 is 2.14 bits per heavy atom. The quantitative estimate of drug-likeness (QED) is 0.656. The van der Waals surface area contributed by atoms with Crippen molar-refractivity contribution in [2.24, 2.45) is 4.99 Å². The van der Waals surface area contributed by atoms with Crippen molar-refractivity contribution in [3.8, 4) is 5.75 Å². The van der Waals surface area contributed by atoms with E-state index in [1.165, 1.54) is 5.56 Å². The summed E-state index contributed by atoms with van der Waals surface area (Å²) < 4.78 is 5.42. The summed E-state index contributed by atoms with van der Waals surface area (Å²) >= 11 is 1.70. The summed E-state index contributed by atoms with van der Waals surface area (Å²) in [4.78, 5) is 6.82. The molecule has 2 aromatic rings. The number of guanidine groups is 1. The van der Waals surface area contributed by atoms with Crippen molar-refractivity contribution in [2.75, 3.05) is 20.7 Å². The highest BCUT2D eigenvalue weighted by Gasteiger charge is 2.09. The van der Waals surface area contributed by atoms with E-state index in [4.69, 9.17) is 9.73 Å². The molecule has 0 radical (unpaired) electrons. The second-order valence-electron chi connectivity index (χ2n) is 4.97. The number of benzene rings is 1. The lowest BCUT2D eigenvalue weighted by atomic mass is 10.2. The fourth-order valence-corrected chi connectivity index (χ4v) is 2.84. The fraction of sp³-hybridized carbons (Fsp3) is 0.353. The second kappa shape index (κ2) is 8.44. The van der Waals surface area contributed by atoms with E-state index in [1.807, 2.05) is 25.2 Å². The average Bonchev–Trinajstić information content (AvgIpc) is 3.05. The molecule has 1 aromatic heterocycles. The molecule has 0 aliphatic heterocycles. The maximum Gasteiger partial charge on any atom is 0.194 e. The van der Waals surface area contributed by atoms with Crippen molar-refractivity contribution in [2.45, 2.75) is 20.0 Å². The third-order valence-electron chi connectivity index (χ3n) is 3.29. The number of para-hydroxylation sites is 1. The number of thiophene rings is 1. The van der Waals surface area contributed by atoms with Gasteiger partial charge in [0.25, 0.3) is 0 Å². The molecule has 0 fully saturated rings. The lowest BCUT2D eigenvalue weighted by Crippen LogP contribution is -2.38. The van der Waals surface area contributed by atoms with E-state index in [1.54, 1.807) is 18.4 Å². The predicted octanol–water partition coefficient (Wildman–Crippen LogP) is 3.35. The number of rotatable bonds is 6. The Hall–Kier alpha value is -2.01. The Bertz CT molecular complexity index is 596. The minimum atomic E-state index is 0.697. The van der Waals surface area contributed by atoms with E-state index < -0.39 is 0 Å². The summed E-state index contributed by atoms with van der Waals surface area (Å²) in [5, 5.41) is 7.55. The normalized spacial score (nSPS) is 11.3. The molecule has 0 saturated carbocycles. The summed E-state index contributed by atoms with van der Waals surface area (Å²) in [5.74, 6) is 1.81. The standard InChI is InChI=1S/C17H23N3OS/c1-4-18-17(19-11-14-9-10-22-13-14)20(2)12-15-7-5-6-8-16(15)21-3/h5-10,13H,4,11-12H2,1-3H3,(H,18,19). The molecule has 1 heterocycles. The van der Waals surface area contributed by atoms with Gasteiger partial charge in [-0.2, -0.15) is 11.3 Å². The number of hydrogen-bond acceptors (Lipinski definition) is 3. The summed E-state index contributed by atoms with van der Waals surface area (Å²) in [6.07, 6.45) is 0. The van der Waals surface area contributed by atoms with Gasteiger partial charge < -0.3 is 15.0 Å². The van der Waals surface area contributed by atoms with Gasteiger partial charge in [-0.25, -0.2) is 4.99 Å². The second-order valence-corrected chi connectivity index (χ2v) is 5.75. The monoisotopic (exact) mass is 317 g/mol. The zero-order valence-electron chi connectivity index (χ0n) is 13.4. The number of methoxy groups -OCH3 is 1. The topological polar surface area (TPSA) is 36.9 Å². The minimum absolute atomic E-state index is 0.697. The molecule has 0 saturated heterocycles. The van der Waals surface area contributed by atoms with Gasteiger partial charge in [0.2, 0.25) is 0 Å². The number of aliphatic imine (C=N–C) groups is 1. The van der Waals surface area contributed by atoms with Gasteiger partial charge in [-0.1, -0.05) is 18.2 Å². The van der Waals surface area contributed by atoms with E-state index >= 15 is 0 Å². The first-order valence-electron chi connectivity index (χ1n) is 7.37. The molecule has 0 bridgehead atoms. The third kappa shape index (κ3) is 4.49. The Morgan fingerprint density at radius 3 is 2.82 bits per heavy atom. The Morgan fingerprint density at radius 1 is 1.32 bits per heavy atom. The molecule has 1 aromatic carbocycles. The Labute approximate surface area is 136 Å². The predicted molar refractivity (Wildman–Crippen MR) is 93.6 cm³/mol. The van der Waals surface area contributed by atoms with Gasteiger partial charge in [0.05, 0.1) is 13.7 Å². The lowest BCUT2D eigenvalue weighted by Gasteiger charge is -2.23. The van der Waals surface area contributed by atoms with Crippen molar-refractivity contribution in [1.82, 2.24) is 10.2 Å². The highest BCUT2D eigenvalue weighted by Crippen LogP contribution is 2.18. The van der Waals surface area contributed by atoms with Gasteiger partial charge in [0, 0.05) is 25.7 Å². The molecule has 2 rings (SSSR count). The molecule has 0 spiro atoms. The maximum absolute atomic E-state index is 5.42. The molecule has 118 valence electrons. The number of hydrogen-bond donors (Lipinski definition) is 1. The first kappa shape index (κ1) is 16.4. The van der Waals surface area contributed by atoms with Crippen LogP contribution in [0.15, 0.2) is 46.1 Å². The molecular weight excluding hydrogens is 294 g/mol. The van der Waals surface area contributed by atoms with Crippen LogP contribution in [-0.2, 0) is 13.1 Å². The lowest BCUT2D eigenvalue weighted by molar-refractivity contribution is 0.396. The fourth-order valence-electron chi connectivity index (χ4n) is 2.18. The minimum Gasteiger partial charge on any atom is -0.496 e. The smallest absolute Gasteiger partial charge is 0.194 e. The van der Waals surface area contributed by atoms with Crippen LogP contribution in [0.25, 0.3) is 0 Å². The van der Waals surface area contributed by atoms with E-state index in [-0.39, 0.29) is 0 Å². The van der Waals surface area contributed by atoms with E-state index in [0.29, 0.717) is 6.54 Å². The van der Waals surface area contributed by atoms with Gasteiger partial charge >= 0.3 is 0 Å². The molecule has 0 aliphatic carbocycles. The van der Waals surface area contributed by atoms with Crippen molar-refractivity contribution in [3.05, 3.63) is 52.2 Å². The molecule has 22 heavy (non-hydrogen) atoms. The number of nitrogens with zero attached hydrogens (tertiary/aromatic N) is 2. The summed E-state index contributed by atoms with van der Waals surface area (Å²) in [6.45, 7) is 4.37. The van der Waals surface area contributed by atoms with Gasteiger partial charge in [0.1, 0.15) is 5.75 Å². The highest BCUT2D eigenvalue weighted by atomic mass is 32.1. The highest BCUT2D eigenvalue weighted by molar-refractivity contribution is 7.07. The molecule has 0 unspecified atom stereocenters. The van der Waals surface area contributed by atoms with Gasteiger partial charge in [0.15, 0.2) is 5.96 Å². The summed E-state index contributed by atoms with van der Waals surface area (Å²) in [7, 11) is 3.75. The summed E-state index contributed by atoms with van der Waals surface area (Å²) in [5.41, 5.74) is 2.39. The first-order valence-corrected chi connectivity index (χ1v) is 8.31. The molecule has 0 atom stereocenters. The van der Waals surface area contributed by atoms with Crippen LogP contribution in [0.1, 0.15) is 18.1 Å². The van der Waals surface area contributed by atoms with Crippen molar-refractivity contribution < 1.29 is 4.74 Å². The molecule has 5 heteroatoms. The maximum atomic E-state index is 5.42. The SMILES string of the molecule is CCNC(=NCc1ccsc1)N(C)Cc1ccccc1OC. The Balaban J connectivity index is 2.08. The van der Waals surface area contributed by atoms with Crippen LogP contribution in [0.3, 0.4) is 0 Å². The molecule has 0 aliphatic rings. The number of ether oxygens (including phenoxy) is 1. The molecular formula is C17H23N3OS.